The first-order valence-electron chi connectivity index (χ1n) is 5.42. The van der Waals surface area contributed by atoms with E-state index < -0.39 is 12.0 Å². The quantitative estimate of drug-likeness (QED) is 0.644. The predicted molar refractivity (Wildman–Crippen MR) is 59.9 cm³/mol. The smallest absolute Gasteiger partial charge is 0.320 e. The lowest BCUT2D eigenvalue weighted by Gasteiger charge is -2.19. The Morgan fingerprint density at radius 3 is 2.40 bits per heavy atom. The maximum atomic E-state index is 10.9. The number of methoxy groups -OCH3 is 1. The van der Waals surface area contributed by atoms with Crippen molar-refractivity contribution in [3.63, 3.8) is 0 Å². The van der Waals surface area contributed by atoms with Gasteiger partial charge in [0.25, 0.3) is 0 Å². The van der Waals surface area contributed by atoms with Gasteiger partial charge >= 0.3 is 5.97 Å². The highest BCUT2D eigenvalue weighted by molar-refractivity contribution is 5.73. The lowest BCUT2D eigenvalue weighted by atomic mass is 10.0. The number of carbonyl (C=O) groups is 1. The molecule has 4 nitrogen and oxygen atoms in total. The highest BCUT2D eigenvalue weighted by Gasteiger charge is 2.18. The second kappa shape index (κ2) is 7.65. The van der Waals surface area contributed by atoms with Crippen LogP contribution in [0.25, 0.3) is 0 Å². The third-order valence-corrected chi connectivity index (χ3v) is 2.17. The fourth-order valence-electron chi connectivity index (χ4n) is 1.43. The van der Waals surface area contributed by atoms with Crippen LogP contribution < -0.4 is 5.32 Å². The Hall–Kier alpha value is -0.610. The molecule has 2 atom stereocenters. The Labute approximate surface area is 92.0 Å². The maximum absolute atomic E-state index is 10.9. The summed E-state index contributed by atoms with van der Waals surface area (Å²) in [6, 6.07) is -0.440. The zero-order chi connectivity index (χ0) is 11.8. The van der Waals surface area contributed by atoms with Crippen LogP contribution in [0.1, 0.15) is 27.2 Å². The van der Waals surface area contributed by atoms with Crippen LogP contribution in [0, 0.1) is 11.8 Å². The van der Waals surface area contributed by atoms with E-state index in [0.29, 0.717) is 31.4 Å². The van der Waals surface area contributed by atoms with E-state index in [-0.39, 0.29) is 0 Å². The van der Waals surface area contributed by atoms with Crippen LogP contribution in [0.2, 0.25) is 0 Å². The van der Waals surface area contributed by atoms with Crippen molar-refractivity contribution < 1.29 is 14.6 Å². The van der Waals surface area contributed by atoms with E-state index in [2.05, 4.69) is 5.32 Å². The van der Waals surface area contributed by atoms with Gasteiger partial charge in [-0.2, -0.15) is 0 Å². The molecular weight excluding hydrogens is 194 g/mol. The van der Waals surface area contributed by atoms with Crippen molar-refractivity contribution in [1.29, 1.82) is 0 Å². The summed E-state index contributed by atoms with van der Waals surface area (Å²) in [5, 5.41) is 12.0. The molecule has 15 heavy (non-hydrogen) atoms. The van der Waals surface area contributed by atoms with E-state index in [0.717, 1.165) is 0 Å². The zero-order valence-corrected chi connectivity index (χ0v) is 10.1. The van der Waals surface area contributed by atoms with E-state index >= 15 is 0 Å². The second-order valence-electron chi connectivity index (χ2n) is 4.49. The fraction of sp³-hybridized carbons (Fsp3) is 0.909. The predicted octanol–water partition coefficient (Wildman–Crippen LogP) is 1.36. The third kappa shape index (κ3) is 7.33. The molecule has 2 N–H and O–H groups in total. The highest BCUT2D eigenvalue weighted by atomic mass is 16.5. The number of carboxylic acids is 1. The molecule has 0 rings (SSSR count). The molecule has 0 fully saturated rings. The van der Waals surface area contributed by atoms with Crippen LogP contribution in [0.3, 0.4) is 0 Å². The van der Waals surface area contributed by atoms with Crippen molar-refractivity contribution in [1.82, 2.24) is 5.32 Å². The molecule has 90 valence electrons. The third-order valence-electron chi connectivity index (χ3n) is 2.17. The first kappa shape index (κ1) is 14.4. The van der Waals surface area contributed by atoms with Crippen LogP contribution in [0.5, 0.6) is 0 Å². The molecule has 0 aliphatic carbocycles. The molecule has 0 saturated heterocycles. The number of rotatable bonds is 8. The summed E-state index contributed by atoms with van der Waals surface area (Å²) in [7, 11) is 1.65. The number of hydrogen-bond donors (Lipinski definition) is 2. The van der Waals surface area contributed by atoms with Crippen molar-refractivity contribution in [2.45, 2.75) is 33.2 Å². The van der Waals surface area contributed by atoms with Crippen molar-refractivity contribution in [2.75, 3.05) is 20.3 Å². The molecule has 0 heterocycles. The van der Waals surface area contributed by atoms with E-state index in [1.54, 1.807) is 7.11 Å². The summed E-state index contributed by atoms with van der Waals surface area (Å²) in [6.45, 7) is 7.41. The van der Waals surface area contributed by atoms with Gasteiger partial charge in [0.15, 0.2) is 0 Å². The minimum atomic E-state index is -0.770. The average molecular weight is 217 g/mol. The van der Waals surface area contributed by atoms with Gasteiger partial charge in [-0.1, -0.05) is 20.8 Å². The SMILES string of the molecule is COCC(C)CNC(CC(C)C)C(=O)O. The van der Waals surface area contributed by atoms with Gasteiger partial charge in [0.2, 0.25) is 0 Å². The molecule has 0 radical (unpaired) electrons. The van der Waals surface area contributed by atoms with Crippen molar-refractivity contribution in [2.24, 2.45) is 11.8 Å². The van der Waals surface area contributed by atoms with Crippen LogP contribution in [0.15, 0.2) is 0 Å². The van der Waals surface area contributed by atoms with Gasteiger partial charge in [-0.3, -0.25) is 4.79 Å². The average Bonchev–Trinajstić information content (AvgIpc) is 2.11. The Bertz CT molecular complexity index is 183. The Morgan fingerprint density at radius 2 is 2.00 bits per heavy atom. The molecule has 4 heteroatoms. The molecule has 2 unspecified atom stereocenters. The first-order valence-corrected chi connectivity index (χ1v) is 5.42. The highest BCUT2D eigenvalue weighted by Crippen LogP contribution is 2.05. The van der Waals surface area contributed by atoms with Gasteiger partial charge in [-0.15, -0.1) is 0 Å². The lowest BCUT2D eigenvalue weighted by molar-refractivity contribution is -0.140. The molecule has 0 saturated carbocycles. The number of ether oxygens (including phenoxy) is 1. The van der Waals surface area contributed by atoms with Crippen LogP contribution in [-0.2, 0) is 9.53 Å². The minimum absolute atomic E-state index is 0.337. The largest absolute Gasteiger partial charge is 0.480 e. The number of nitrogens with one attached hydrogen (secondary N) is 1. The number of carboxylic acid groups (broad SMARTS) is 1. The summed E-state index contributed by atoms with van der Waals surface area (Å²) in [5.74, 6) is -0.0475. The topological polar surface area (TPSA) is 58.6 Å². The summed E-state index contributed by atoms with van der Waals surface area (Å²) in [4.78, 5) is 10.9. The number of hydrogen-bond acceptors (Lipinski definition) is 3. The summed E-state index contributed by atoms with van der Waals surface area (Å²) in [5.41, 5.74) is 0. The van der Waals surface area contributed by atoms with Gasteiger partial charge in [0, 0.05) is 20.3 Å². The van der Waals surface area contributed by atoms with Gasteiger partial charge < -0.3 is 15.2 Å². The van der Waals surface area contributed by atoms with Crippen LogP contribution in [0.4, 0.5) is 0 Å². The van der Waals surface area contributed by atoms with Crippen LogP contribution >= 0.6 is 0 Å². The second-order valence-corrected chi connectivity index (χ2v) is 4.49. The Balaban J connectivity index is 3.90. The van der Waals surface area contributed by atoms with E-state index in [9.17, 15) is 4.79 Å². The summed E-state index contributed by atoms with van der Waals surface area (Å²) >= 11 is 0. The molecule has 0 aliphatic rings. The molecule has 0 aliphatic heterocycles. The van der Waals surface area contributed by atoms with Crippen molar-refractivity contribution in [3.8, 4) is 0 Å². The maximum Gasteiger partial charge on any atom is 0.320 e. The van der Waals surface area contributed by atoms with Gasteiger partial charge in [-0.25, -0.2) is 0 Å². The standard InChI is InChI=1S/C11H23NO3/c1-8(2)5-10(11(13)14)12-6-9(3)7-15-4/h8-10,12H,5-7H2,1-4H3,(H,13,14). The normalized spacial score (nSPS) is 15.3. The van der Waals surface area contributed by atoms with Crippen molar-refractivity contribution in [3.05, 3.63) is 0 Å². The Morgan fingerprint density at radius 1 is 1.40 bits per heavy atom. The molecule has 0 aromatic carbocycles. The number of aliphatic carboxylic acids is 1. The molecule has 0 spiro atoms. The van der Waals surface area contributed by atoms with E-state index in [1.165, 1.54) is 0 Å². The summed E-state index contributed by atoms with van der Waals surface area (Å²) in [6.07, 6.45) is 0.662. The fourth-order valence-corrected chi connectivity index (χ4v) is 1.43. The summed E-state index contributed by atoms with van der Waals surface area (Å²) < 4.78 is 4.99. The molecular formula is C11H23NO3. The lowest BCUT2D eigenvalue weighted by Crippen LogP contribution is -2.40. The van der Waals surface area contributed by atoms with Crippen molar-refractivity contribution >= 4 is 5.97 Å². The monoisotopic (exact) mass is 217 g/mol. The van der Waals surface area contributed by atoms with Gasteiger partial charge in [0.1, 0.15) is 6.04 Å². The van der Waals surface area contributed by atoms with E-state index in [4.69, 9.17) is 9.84 Å². The van der Waals surface area contributed by atoms with E-state index in [1.807, 2.05) is 20.8 Å². The molecule has 0 aromatic rings. The Kier molecular flexibility index (Phi) is 7.34. The molecule has 0 amide bonds. The van der Waals surface area contributed by atoms with Gasteiger partial charge in [-0.05, 0) is 18.3 Å². The first-order chi connectivity index (χ1) is 6.97. The molecule has 0 bridgehead atoms. The van der Waals surface area contributed by atoms with Gasteiger partial charge in [0.05, 0.1) is 0 Å². The zero-order valence-electron chi connectivity index (χ0n) is 10.1. The van der Waals surface area contributed by atoms with Crippen LogP contribution in [-0.4, -0.2) is 37.4 Å². The minimum Gasteiger partial charge on any atom is -0.480 e. The molecule has 0 aromatic heterocycles.